The molecule has 2 amide bonds. The molecule has 1 saturated carbocycles. The van der Waals surface area contributed by atoms with Crippen LogP contribution < -0.4 is 10.6 Å². The van der Waals surface area contributed by atoms with Crippen molar-refractivity contribution in [2.24, 2.45) is 17.8 Å². The van der Waals surface area contributed by atoms with E-state index >= 15 is 0 Å². The smallest absolute Gasteiger partial charge is 0.239 e. The maximum absolute atomic E-state index is 11.9. The molecule has 1 rings (SSSR count). The lowest BCUT2D eigenvalue weighted by Gasteiger charge is -2.35. The fourth-order valence-corrected chi connectivity index (χ4v) is 2.73. The monoisotopic (exact) mass is 268 g/mol. The number of hydrogen-bond donors (Lipinski definition) is 2. The quantitative estimate of drug-likeness (QED) is 0.802. The number of amides is 2. The van der Waals surface area contributed by atoms with Crippen LogP contribution >= 0.6 is 0 Å². The molecule has 0 aromatic rings. The zero-order chi connectivity index (χ0) is 14.4. The van der Waals surface area contributed by atoms with Gasteiger partial charge < -0.3 is 10.6 Å². The topological polar surface area (TPSA) is 58.2 Å². The predicted molar refractivity (Wildman–Crippen MR) is 76.6 cm³/mol. The zero-order valence-electron chi connectivity index (χ0n) is 12.7. The fourth-order valence-electron chi connectivity index (χ4n) is 2.73. The summed E-state index contributed by atoms with van der Waals surface area (Å²) in [5, 5.41) is 5.78. The van der Waals surface area contributed by atoms with E-state index < -0.39 is 0 Å². The second kappa shape index (κ2) is 7.51. The van der Waals surface area contributed by atoms with E-state index in [0.29, 0.717) is 11.8 Å². The molecule has 0 aromatic carbocycles. The van der Waals surface area contributed by atoms with Crippen LogP contribution in [-0.4, -0.2) is 24.4 Å². The standard InChI is InChI=1S/C15H28N2O2/c1-5-10(2)15(19)16-9-13(18)17-14-11(3)7-6-8-12(14)4/h10-12,14H,5-9H2,1-4H3,(H,16,19)(H,17,18)/t10-,11-,12+,14?/m0/s1. The Kier molecular flexibility index (Phi) is 6.32. The van der Waals surface area contributed by atoms with Gasteiger partial charge in [-0.1, -0.05) is 34.1 Å². The Morgan fingerprint density at radius 1 is 1.21 bits per heavy atom. The third kappa shape index (κ3) is 4.84. The van der Waals surface area contributed by atoms with Crippen molar-refractivity contribution < 1.29 is 9.59 Å². The molecule has 110 valence electrons. The van der Waals surface area contributed by atoms with E-state index in [1.165, 1.54) is 19.3 Å². The van der Waals surface area contributed by atoms with Gasteiger partial charge in [-0.25, -0.2) is 0 Å². The highest BCUT2D eigenvalue weighted by Gasteiger charge is 2.28. The molecule has 0 aromatic heterocycles. The van der Waals surface area contributed by atoms with Crippen molar-refractivity contribution in [2.45, 2.75) is 59.4 Å². The van der Waals surface area contributed by atoms with Gasteiger partial charge in [-0.05, 0) is 31.1 Å². The van der Waals surface area contributed by atoms with Crippen LogP contribution in [0.3, 0.4) is 0 Å². The molecule has 0 saturated heterocycles. The summed E-state index contributed by atoms with van der Waals surface area (Å²) < 4.78 is 0. The zero-order valence-corrected chi connectivity index (χ0v) is 12.7. The molecule has 1 unspecified atom stereocenters. The van der Waals surface area contributed by atoms with E-state index in [1.807, 2.05) is 13.8 Å². The average Bonchev–Trinajstić information content (AvgIpc) is 2.39. The number of hydrogen-bond acceptors (Lipinski definition) is 2. The highest BCUT2D eigenvalue weighted by molar-refractivity contribution is 5.85. The van der Waals surface area contributed by atoms with Gasteiger partial charge in [0.15, 0.2) is 0 Å². The maximum atomic E-state index is 11.9. The lowest BCUT2D eigenvalue weighted by molar-refractivity contribution is -0.128. The van der Waals surface area contributed by atoms with Crippen LogP contribution in [0.15, 0.2) is 0 Å². The van der Waals surface area contributed by atoms with Crippen molar-refractivity contribution in [1.82, 2.24) is 10.6 Å². The van der Waals surface area contributed by atoms with E-state index in [1.54, 1.807) is 0 Å². The largest absolute Gasteiger partial charge is 0.351 e. The third-order valence-corrected chi connectivity index (χ3v) is 4.36. The number of rotatable bonds is 5. The minimum Gasteiger partial charge on any atom is -0.351 e. The van der Waals surface area contributed by atoms with Crippen molar-refractivity contribution in [3.63, 3.8) is 0 Å². The summed E-state index contributed by atoms with van der Waals surface area (Å²) in [7, 11) is 0. The normalized spacial score (nSPS) is 28.5. The summed E-state index contributed by atoms with van der Waals surface area (Å²) in [4.78, 5) is 23.5. The molecule has 19 heavy (non-hydrogen) atoms. The Bertz CT molecular complexity index is 307. The molecular weight excluding hydrogens is 240 g/mol. The molecule has 0 heterocycles. The first kappa shape index (κ1) is 16.0. The molecule has 1 fully saturated rings. The Morgan fingerprint density at radius 2 is 1.79 bits per heavy atom. The average molecular weight is 268 g/mol. The Balaban J connectivity index is 2.36. The van der Waals surface area contributed by atoms with Crippen molar-refractivity contribution in [3.05, 3.63) is 0 Å². The summed E-state index contributed by atoms with van der Waals surface area (Å²) in [5.41, 5.74) is 0. The van der Waals surface area contributed by atoms with Crippen molar-refractivity contribution >= 4 is 11.8 Å². The van der Waals surface area contributed by atoms with Gasteiger partial charge in [-0.15, -0.1) is 0 Å². The van der Waals surface area contributed by atoms with Gasteiger partial charge in [-0.2, -0.15) is 0 Å². The van der Waals surface area contributed by atoms with Gasteiger partial charge in [0.1, 0.15) is 0 Å². The number of nitrogens with one attached hydrogen (secondary N) is 2. The molecule has 0 spiro atoms. The Labute approximate surface area is 116 Å². The van der Waals surface area contributed by atoms with Crippen molar-refractivity contribution in [2.75, 3.05) is 6.54 Å². The molecular formula is C15H28N2O2. The second-order valence-corrected chi connectivity index (χ2v) is 6.01. The molecule has 4 heteroatoms. The highest BCUT2D eigenvalue weighted by atomic mass is 16.2. The van der Waals surface area contributed by atoms with Gasteiger partial charge in [0.05, 0.1) is 6.54 Å². The molecule has 0 radical (unpaired) electrons. The minimum absolute atomic E-state index is 0.0275. The first-order valence-corrected chi connectivity index (χ1v) is 7.52. The summed E-state index contributed by atoms with van der Waals surface area (Å²) in [6.07, 6.45) is 4.40. The summed E-state index contributed by atoms with van der Waals surface area (Å²) in [6, 6.07) is 0.252. The van der Waals surface area contributed by atoms with Gasteiger partial charge in [0, 0.05) is 12.0 Å². The van der Waals surface area contributed by atoms with Crippen LogP contribution in [0.5, 0.6) is 0 Å². The maximum Gasteiger partial charge on any atom is 0.239 e. The van der Waals surface area contributed by atoms with Gasteiger partial charge in [0.25, 0.3) is 0 Å². The number of carbonyl (C=O) groups excluding carboxylic acids is 2. The van der Waals surface area contributed by atoms with Crippen LogP contribution in [0.2, 0.25) is 0 Å². The van der Waals surface area contributed by atoms with Gasteiger partial charge in [0.2, 0.25) is 11.8 Å². The molecule has 2 N–H and O–H groups in total. The molecule has 0 bridgehead atoms. The first-order chi connectivity index (χ1) is 8.95. The Morgan fingerprint density at radius 3 is 2.32 bits per heavy atom. The lowest BCUT2D eigenvalue weighted by atomic mass is 9.79. The second-order valence-electron chi connectivity index (χ2n) is 6.01. The minimum atomic E-state index is -0.0674. The molecule has 4 atom stereocenters. The third-order valence-electron chi connectivity index (χ3n) is 4.36. The van der Waals surface area contributed by atoms with Crippen LogP contribution in [0, 0.1) is 17.8 Å². The highest BCUT2D eigenvalue weighted by Crippen LogP contribution is 2.28. The van der Waals surface area contributed by atoms with Crippen LogP contribution in [-0.2, 0) is 9.59 Å². The van der Waals surface area contributed by atoms with Crippen LogP contribution in [0.4, 0.5) is 0 Å². The van der Waals surface area contributed by atoms with E-state index in [2.05, 4.69) is 24.5 Å². The molecule has 4 nitrogen and oxygen atoms in total. The fraction of sp³-hybridized carbons (Fsp3) is 0.867. The van der Waals surface area contributed by atoms with E-state index in [4.69, 9.17) is 0 Å². The lowest BCUT2D eigenvalue weighted by Crippen LogP contribution is -2.49. The predicted octanol–water partition coefficient (Wildman–Crippen LogP) is 2.09. The van der Waals surface area contributed by atoms with Crippen LogP contribution in [0.1, 0.15) is 53.4 Å². The van der Waals surface area contributed by atoms with Crippen molar-refractivity contribution in [3.8, 4) is 0 Å². The van der Waals surface area contributed by atoms with E-state index in [9.17, 15) is 9.59 Å². The molecule has 1 aliphatic carbocycles. The molecule has 1 aliphatic rings. The number of carbonyl (C=O) groups is 2. The van der Waals surface area contributed by atoms with Gasteiger partial charge in [-0.3, -0.25) is 9.59 Å². The summed E-state index contributed by atoms with van der Waals surface area (Å²) in [6.45, 7) is 8.32. The van der Waals surface area contributed by atoms with Gasteiger partial charge >= 0.3 is 0 Å². The van der Waals surface area contributed by atoms with Crippen molar-refractivity contribution in [1.29, 1.82) is 0 Å². The SMILES string of the molecule is CC[C@H](C)C(=O)NCC(=O)NC1[C@H](C)CCC[C@@H]1C. The first-order valence-electron chi connectivity index (χ1n) is 7.52. The van der Waals surface area contributed by atoms with E-state index in [-0.39, 0.29) is 30.3 Å². The molecule has 0 aliphatic heterocycles. The van der Waals surface area contributed by atoms with E-state index in [0.717, 1.165) is 6.42 Å². The summed E-state index contributed by atoms with van der Waals surface area (Å²) >= 11 is 0. The Hall–Kier alpha value is -1.06. The summed E-state index contributed by atoms with van der Waals surface area (Å²) in [5.74, 6) is 0.918. The van der Waals surface area contributed by atoms with Crippen LogP contribution in [0.25, 0.3) is 0 Å².